The van der Waals surface area contributed by atoms with Gasteiger partial charge < -0.3 is 10.6 Å². The van der Waals surface area contributed by atoms with Crippen LogP contribution in [0.25, 0.3) is 0 Å². The number of anilines is 1. The highest BCUT2D eigenvalue weighted by Crippen LogP contribution is 2.20. The van der Waals surface area contributed by atoms with Crippen molar-refractivity contribution in [3.05, 3.63) is 22.3 Å². The summed E-state index contributed by atoms with van der Waals surface area (Å²) in [6, 6.07) is 2.49. The highest BCUT2D eigenvalue weighted by molar-refractivity contribution is 9.10. The Bertz CT molecular complexity index is 301. The normalized spacial score (nSPS) is 12.6. The van der Waals surface area contributed by atoms with E-state index in [0.717, 1.165) is 22.4 Å². The quantitative estimate of drug-likeness (QED) is 0.869. The smallest absolute Gasteiger partial charge is 0.140 e. The van der Waals surface area contributed by atoms with Crippen LogP contribution < -0.4 is 10.6 Å². The third-order valence-corrected chi connectivity index (χ3v) is 2.65. The summed E-state index contributed by atoms with van der Waals surface area (Å²) >= 11 is 3.47. The Morgan fingerprint density at radius 3 is 2.86 bits per heavy atom. The summed E-state index contributed by atoms with van der Waals surface area (Å²) in [5.74, 6) is 0.901. The molecule has 78 valence electrons. The maximum absolute atomic E-state index is 4.30. The standard InChI is InChI=1S/C10H16BrN3/c1-7-4-9(11)10(13-5-7)14-6-8(2)12-3/h4-5,8,12H,6H2,1-3H3,(H,13,14). The second-order valence-electron chi connectivity index (χ2n) is 3.41. The predicted octanol–water partition coefficient (Wildman–Crippen LogP) is 2.17. The fraction of sp³-hybridized carbons (Fsp3) is 0.500. The van der Waals surface area contributed by atoms with Gasteiger partial charge in [0.05, 0.1) is 4.47 Å². The number of hydrogen-bond acceptors (Lipinski definition) is 3. The van der Waals surface area contributed by atoms with E-state index >= 15 is 0 Å². The second-order valence-corrected chi connectivity index (χ2v) is 4.27. The first kappa shape index (κ1) is 11.5. The summed E-state index contributed by atoms with van der Waals surface area (Å²) in [7, 11) is 1.95. The molecule has 0 spiro atoms. The van der Waals surface area contributed by atoms with Crippen molar-refractivity contribution < 1.29 is 0 Å². The van der Waals surface area contributed by atoms with Gasteiger partial charge in [0.2, 0.25) is 0 Å². The van der Waals surface area contributed by atoms with Crippen LogP contribution in [0.2, 0.25) is 0 Å². The van der Waals surface area contributed by atoms with Crippen molar-refractivity contribution in [3.8, 4) is 0 Å². The molecule has 0 aliphatic heterocycles. The molecule has 1 aromatic rings. The number of aromatic nitrogens is 1. The van der Waals surface area contributed by atoms with E-state index in [2.05, 4.69) is 44.5 Å². The van der Waals surface area contributed by atoms with Gasteiger partial charge >= 0.3 is 0 Å². The van der Waals surface area contributed by atoms with Gasteiger partial charge in [0.25, 0.3) is 0 Å². The minimum absolute atomic E-state index is 0.435. The lowest BCUT2D eigenvalue weighted by molar-refractivity contribution is 0.637. The summed E-state index contributed by atoms with van der Waals surface area (Å²) in [4.78, 5) is 4.30. The summed E-state index contributed by atoms with van der Waals surface area (Å²) in [5.41, 5.74) is 1.16. The van der Waals surface area contributed by atoms with Gasteiger partial charge in [-0.05, 0) is 48.5 Å². The first-order valence-corrected chi connectivity index (χ1v) is 5.46. The third kappa shape index (κ3) is 3.27. The van der Waals surface area contributed by atoms with Gasteiger partial charge in [0, 0.05) is 18.8 Å². The largest absolute Gasteiger partial charge is 0.368 e. The average molecular weight is 258 g/mol. The first-order valence-electron chi connectivity index (χ1n) is 4.66. The van der Waals surface area contributed by atoms with Crippen LogP contribution in [0.1, 0.15) is 12.5 Å². The topological polar surface area (TPSA) is 37.0 Å². The number of nitrogens with one attached hydrogen (secondary N) is 2. The van der Waals surface area contributed by atoms with Crippen LogP contribution in [0.15, 0.2) is 16.7 Å². The third-order valence-electron chi connectivity index (χ3n) is 2.05. The Labute approximate surface area is 93.4 Å². The predicted molar refractivity (Wildman–Crippen MR) is 63.7 cm³/mol. The number of likely N-dealkylation sites (N-methyl/N-ethyl adjacent to an activating group) is 1. The van der Waals surface area contributed by atoms with Crippen molar-refractivity contribution in [1.82, 2.24) is 10.3 Å². The van der Waals surface area contributed by atoms with E-state index in [-0.39, 0.29) is 0 Å². The van der Waals surface area contributed by atoms with Gasteiger partial charge in [0.15, 0.2) is 0 Å². The van der Waals surface area contributed by atoms with E-state index < -0.39 is 0 Å². The van der Waals surface area contributed by atoms with Crippen molar-refractivity contribution in [1.29, 1.82) is 0 Å². The van der Waals surface area contributed by atoms with Crippen LogP contribution in [-0.2, 0) is 0 Å². The molecule has 14 heavy (non-hydrogen) atoms. The lowest BCUT2D eigenvalue weighted by Crippen LogP contribution is -2.29. The van der Waals surface area contributed by atoms with E-state index in [4.69, 9.17) is 0 Å². The molecule has 0 aliphatic carbocycles. The molecule has 0 aromatic carbocycles. The molecule has 1 unspecified atom stereocenters. The summed E-state index contributed by atoms with van der Waals surface area (Å²) < 4.78 is 1.01. The van der Waals surface area contributed by atoms with Gasteiger partial charge in [-0.25, -0.2) is 4.98 Å². The summed E-state index contributed by atoms with van der Waals surface area (Å²) in [5, 5.41) is 6.43. The number of rotatable bonds is 4. The van der Waals surface area contributed by atoms with Crippen LogP contribution in [0.4, 0.5) is 5.82 Å². The molecule has 1 atom stereocenters. The molecule has 0 saturated carbocycles. The number of aryl methyl sites for hydroxylation is 1. The van der Waals surface area contributed by atoms with Crippen LogP contribution in [-0.4, -0.2) is 24.6 Å². The lowest BCUT2D eigenvalue weighted by Gasteiger charge is -2.12. The fourth-order valence-corrected chi connectivity index (χ4v) is 1.62. The number of pyridine rings is 1. The van der Waals surface area contributed by atoms with Gasteiger partial charge in [-0.1, -0.05) is 0 Å². The first-order chi connectivity index (χ1) is 6.63. The second kappa shape index (κ2) is 5.32. The van der Waals surface area contributed by atoms with Gasteiger partial charge in [-0.3, -0.25) is 0 Å². The number of nitrogens with zero attached hydrogens (tertiary/aromatic N) is 1. The molecule has 2 N–H and O–H groups in total. The SMILES string of the molecule is CNC(C)CNc1ncc(C)cc1Br. The van der Waals surface area contributed by atoms with Crippen molar-refractivity contribution in [2.24, 2.45) is 0 Å². The minimum atomic E-state index is 0.435. The Kier molecular flexibility index (Phi) is 4.35. The van der Waals surface area contributed by atoms with Crippen LogP contribution in [0.3, 0.4) is 0 Å². The fourth-order valence-electron chi connectivity index (χ4n) is 1.02. The monoisotopic (exact) mass is 257 g/mol. The molecule has 1 heterocycles. The highest BCUT2D eigenvalue weighted by Gasteiger charge is 2.02. The van der Waals surface area contributed by atoms with Crippen LogP contribution in [0.5, 0.6) is 0 Å². The Morgan fingerprint density at radius 1 is 1.57 bits per heavy atom. The molecule has 4 heteroatoms. The Balaban J connectivity index is 2.59. The molecule has 3 nitrogen and oxygen atoms in total. The molecular weight excluding hydrogens is 242 g/mol. The van der Waals surface area contributed by atoms with Crippen LogP contribution in [0, 0.1) is 6.92 Å². The van der Waals surface area contributed by atoms with E-state index in [0.29, 0.717) is 6.04 Å². The summed E-state index contributed by atoms with van der Waals surface area (Å²) in [6.07, 6.45) is 1.86. The van der Waals surface area contributed by atoms with Crippen LogP contribution >= 0.6 is 15.9 Å². The Hall–Kier alpha value is -0.610. The molecular formula is C10H16BrN3. The number of halogens is 1. The van der Waals surface area contributed by atoms with E-state index in [1.54, 1.807) is 0 Å². The van der Waals surface area contributed by atoms with Gasteiger partial charge in [0.1, 0.15) is 5.82 Å². The van der Waals surface area contributed by atoms with Crippen molar-refractivity contribution in [3.63, 3.8) is 0 Å². The maximum atomic E-state index is 4.30. The minimum Gasteiger partial charge on any atom is -0.368 e. The lowest BCUT2D eigenvalue weighted by atomic mass is 10.3. The van der Waals surface area contributed by atoms with E-state index in [9.17, 15) is 0 Å². The van der Waals surface area contributed by atoms with Gasteiger partial charge in [-0.2, -0.15) is 0 Å². The van der Waals surface area contributed by atoms with Crippen molar-refractivity contribution >= 4 is 21.7 Å². The average Bonchev–Trinajstić information content (AvgIpc) is 2.16. The van der Waals surface area contributed by atoms with Gasteiger partial charge in [-0.15, -0.1) is 0 Å². The van der Waals surface area contributed by atoms with Crippen molar-refractivity contribution in [2.75, 3.05) is 18.9 Å². The molecule has 0 fully saturated rings. The molecule has 0 bridgehead atoms. The zero-order valence-corrected chi connectivity index (χ0v) is 10.4. The molecule has 0 radical (unpaired) electrons. The Morgan fingerprint density at radius 2 is 2.29 bits per heavy atom. The molecule has 0 aliphatic rings. The molecule has 1 aromatic heterocycles. The molecule has 1 rings (SSSR count). The zero-order valence-electron chi connectivity index (χ0n) is 8.76. The van der Waals surface area contributed by atoms with E-state index in [1.807, 2.05) is 20.2 Å². The highest BCUT2D eigenvalue weighted by atomic mass is 79.9. The van der Waals surface area contributed by atoms with E-state index in [1.165, 1.54) is 0 Å². The van der Waals surface area contributed by atoms with Crippen molar-refractivity contribution in [2.45, 2.75) is 19.9 Å². The number of hydrogen-bond donors (Lipinski definition) is 2. The molecule has 0 saturated heterocycles. The molecule has 0 amide bonds. The zero-order chi connectivity index (χ0) is 10.6. The maximum Gasteiger partial charge on any atom is 0.140 e. The summed E-state index contributed by atoms with van der Waals surface area (Å²) in [6.45, 7) is 5.01.